The highest BCUT2D eigenvalue weighted by atomic mass is 32.1. The van der Waals surface area contributed by atoms with Crippen LogP contribution in [0.2, 0.25) is 0 Å². The van der Waals surface area contributed by atoms with Crippen molar-refractivity contribution < 1.29 is 0 Å². The molecule has 1 saturated heterocycles. The van der Waals surface area contributed by atoms with Crippen molar-refractivity contribution in [1.29, 1.82) is 0 Å². The second kappa shape index (κ2) is 3.12. The summed E-state index contributed by atoms with van der Waals surface area (Å²) < 4.78 is 4.10. The molecule has 4 heteroatoms. The van der Waals surface area contributed by atoms with Gasteiger partial charge in [0.15, 0.2) is 0 Å². The van der Waals surface area contributed by atoms with E-state index in [0.717, 1.165) is 13.0 Å². The lowest BCUT2D eigenvalue weighted by atomic mass is 10.1. The Morgan fingerprint density at radius 3 is 3.08 bits per heavy atom. The van der Waals surface area contributed by atoms with Gasteiger partial charge in [-0.2, -0.15) is 0 Å². The van der Waals surface area contributed by atoms with E-state index < -0.39 is 0 Å². The lowest BCUT2D eigenvalue weighted by molar-refractivity contribution is 0.304. The molecule has 2 unspecified atom stereocenters. The summed E-state index contributed by atoms with van der Waals surface area (Å²) >= 11 is 1.50. The highest BCUT2D eigenvalue weighted by molar-refractivity contribution is 7.03. The molecule has 3 nitrogen and oxygen atoms in total. The molecular weight excluding hydrogens is 170 g/mol. The Morgan fingerprint density at radius 1 is 1.75 bits per heavy atom. The SMILES string of the molecule is CN1CCC(N)C1c1cnsc1. The Kier molecular flexibility index (Phi) is 2.12. The average molecular weight is 183 g/mol. The molecule has 0 aromatic carbocycles. The number of rotatable bonds is 1. The molecule has 1 aliphatic rings. The molecule has 12 heavy (non-hydrogen) atoms. The molecule has 66 valence electrons. The Labute approximate surface area is 76.4 Å². The smallest absolute Gasteiger partial charge is 0.0521 e. The molecule has 1 aromatic heterocycles. The number of nitrogens with two attached hydrogens (primary N) is 1. The van der Waals surface area contributed by atoms with Crippen LogP contribution in [0, 0.1) is 0 Å². The zero-order valence-corrected chi connectivity index (χ0v) is 7.92. The maximum Gasteiger partial charge on any atom is 0.0521 e. The van der Waals surface area contributed by atoms with E-state index >= 15 is 0 Å². The van der Waals surface area contributed by atoms with Crippen molar-refractivity contribution in [3.63, 3.8) is 0 Å². The van der Waals surface area contributed by atoms with Crippen LogP contribution >= 0.6 is 11.5 Å². The average Bonchev–Trinajstić information content (AvgIpc) is 2.61. The third kappa shape index (κ3) is 1.26. The van der Waals surface area contributed by atoms with Crippen molar-refractivity contribution in [3.8, 4) is 0 Å². The minimum atomic E-state index is 0.284. The maximum atomic E-state index is 6.00. The van der Waals surface area contributed by atoms with E-state index in [1.165, 1.54) is 17.1 Å². The molecule has 2 atom stereocenters. The van der Waals surface area contributed by atoms with Crippen LogP contribution in [-0.2, 0) is 0 Å². The monoisotopic (exact) mass is 183 g/mol. The van der Waals surface area contributed by atoms with Gasteiger partial charge in [0.1, 0.15) is 0 Å². The van der Waals surface area contributed by atoms with Gasteiger partial charge in [0.05, 0.1) is 6.04 Å². The zero-order chi connectivity index (χ0) is 8.55. The highest BCUT2D eigenvalue weighted by Gasteiger charge is 2.30. The fourth-order valence-electron chi connectivity index (χ4n) is 1.84. The van der Waals surface area contributed by atoms with Gasteiger partial charge >= 0.3 is 0 Å². The van der Waals surface area contributed by atoms with E-state index in [-0.39, 0.29) is 6.04 Å². The van der Waals surface area contributed by atoms with Gasteiger partial charge in [-0.25, -0.2) is 4.37 Å². The Hall–Kier alpha value is -0.450. The summed E-state index contributed by atoms with van der Waals surface area (Å²) in [5, 5.41) is 2.09. The molecule has 0 radical (unpaired) electrons. The van der Waals surface area contributed by atoms with E-state index in [4.69, 9.17) is 5.73 Å². The van der Waals surface area contributed by atoms with E-state index in [9.17, 15) is 0 Å². The predicted molar refractivity (Wildman–Crippen MR) is 50.1 cm³/mol. The van der Waals surface area contributed by atoms with Gasteiger partial charge in [0.25, 0.3) is 0 Å². The van der Waals surface area contributed by atoms with Crippen molar-refractivity contribution in [3.05, 3.63) is 17.1 Å². The fourth-order valence-corrected chi connectivity index (χ4v) is 2.40. The van der Waals surface area contributed by atoms with E-state index in [2.05, 4.69) is 21.7 Å². The lowest BCUT2D eigenvalue weighted by Crippen LogP contribution is -2.29. The predicted octanol–water partition coefficient (Wildman–Crippen LogP) is 0.847. The van der Waals surface area contributed by atoms with Gasteiger partial charge < -0.3 is 5.73 Å². The van der Waals surface area contributed by atoms with Gasteiger partial charge in [-0.3, -0.25) is 4.90 Å². The second-order valence-electron chi connectivity index (χ2n) is 3.34. The first kappa shape index (κ1) is 8.16. The maximum absolute atomic E-state index is 6.00. The molecule has 0 aliphatic carbocycles. The molecule has 0 amide bonds. The van der Waals surface area contributed by atoms with Gasteiger partial charge in [-0.05, 0) is 25.0 Å². The highest BCUT2D eigenvalue weighted by Crippen LogP contribution is 2.29. The first-order chi connectivity index (χ1) is 5.79. The van der Waals surface area contributed by atoms with E-state index in [1.807, 2.05) is 6.20 Å². The molecule has 1 fully saturated rings. The fraction of sp³-hybridized carbons (Fsp3) is 0.625. The van der Waals surface area contributed by atoms with Crippen LogP contribution in [-0.4, -0.2) is 28.9 Å². The molecule has 0 saturated carbocycles. The van der Waals surface area contributed by atoms with E-state index in [1.54, 1.807) is 0 Å². The Bertz CT molecular complexity index is 237. The number of hydrogen-bond donors (Lipinski definition) is 1. The summed E-state index contributed by atoms with van der Waals surface area (Å²) in [6.45, 7) is 1.10. The van der Waals surface area contributed by atoms with Crippen molar-refractivity contribution in [2.45, 2.75) is 18.5 Å². The molecular formula is C8H13N3S. The van der Waals surface area contributed by atoms with Crippen LogP contribution in [0.1, 0.15) is 18.0 Å². The summed E-state index contributed by atoms with van der Waals surface area (Å²) in [5.74, 6) is 0. The zero-order valence-electron chi connectivity index (χ0n) is 7.10. The third-order valence-corrected chi connectivity index (χ3v) is 3.09. The topological polar surface area (TPSA) is 42.1 Å². The van der Waals surface area contributed by atoms with Gasteiger partial charge in [0, 0.05) is 29.7 Å². The van der Waals surface area contributed by atoms with Gasteiger partial charge in [-0.1, -0.05) is 0 Å². The summed E-state index contributed by atoms with van der Waals surface area (Å²) in [6, 6.07) is 0.676. The van der Waals surface area contributed by atoms with Gasteiger partial charge in [0.2, 0.25) is 0 Å². The van der Waals surface area contributed by atoms with Gasteiger partial charge in [-0.15, -0.1) is 0 Å². The van der Waals surface area contributed by atoms with Crippen LogP contribution in [0.25, 0.3) is 0 Å². The van der Waals surface area contributed by atoms with Crippen LogP contribution < -0.4 is 5.73 Å². The number of aromatic nitrogens is 1. The van der Waals surface area contributed by atoms with Crippen LogP contribution in [0.3, 0.4) is 0 Å². The molecule has 2 heterocycles. The molecule has 2 N–H and O–H groups in total. The lowest BCUT2D eigenvalue weighted by Gasteiger charge is -2.20. The summed E-state index contributed by atoms with van der Waals surface area (Å²) in [5.41, 5.74) is 7.27. The van der Waals surface area contributed by atoms with Crippen molar-refractivity contribution in [1.82, 2.24) is 9.27 Å². The molecule has 1 aromatic rings. The van der Waals surface area contributed by atoms with Crippen molar-refractivity contribution in [2.75, 3.05) is 13.6 Å². The molecule has 0 spiro atoms. The third-order valence-electron chi connectivity index (χ3n) is 2.49. The van der Waals surface area contributed by atoms with Crippen molar-refractivity contribution in [2.24, 2.45) is 5.73 Å². The minimum Gasteiger partial charge on any atom is -0.326 e. The quantitative estimate of drug-likeness (QED) is 0.701. The number of hydrogen-bond acceptors (Lipinski definition) is 4. The number of likely N-dealkylation sites (tertiary alicyclic amines) is 1. The minimum absolute atomic E-state index is 0.284. The van der Waals surface area contributed by atoms with Crippen LogP contribution in [0.4, 0.5) is 0 Å². The first-order valence-corrected chi connectivity index (χ1v) is 4.98. The first-order valence-electron chi connectivity index (χ1n) is 4.14. The Balaban J connectivity index is 2.22. The van der Waals surface area contributed by atoms with Crippen LogP contribution in [0.5, 0.6) is 0 Å². The number of nitrogens with zero attached hydrogens (tertiary/aromatic N) is 2. The summed E-state index contributed by atoms with van der Waals surface area (Å²) in [4.78, 5) is 2.30. The molecule has 1 aliphatic heterocycles. The normalized spacial score (nSPS) is 31.2. The number of likely N-dealkylation sites (N-methyl/N-ethyl adjacent to an activating group) is 1. The second-order valence-corrected chi connectivity index (χ2v) is 3.99. The van der Waals surface area contributed by atoms with E-state index in [0.29, 0.717) is 6.04 Å². The Morgan fingerprint density at radius 2 is 2.58 bits per heavy atom. The molecule has 2 rings (SSSR count). The van der Waals surface area contributed by atoms with Crippen molar-refractivity contribution >= 4 is 11.5 Å². The van der Waals surface area contributed by atoms with Crippen LogP contribution in [0.15, 0.2) is 11.6 Å². The summed E-state index contributed by atoms with van der Waals surface area (Å²) in [7, 11) is 2.12. The largest absolute Gasteiger partial charge is 0.326 e. The standard InChI is InChI=1S/C8H13N3S/c1-11-3-2-7(9)8(11)6-4-10-12-5-6/h4-5,7-8H,2-3,9H2,1H3. The summed E-state index contributed by atoms with van der Waals surface area (Å²) in [6.07, 6.45) is 3.02. The molecule has 0 bridgehead atoms.